The first kappa shape index (κ1) is 17.9. The van der Waals surface area contributed by atoms with Crippen LogP contribution < -0.4 is 11.1 Å². The Kier molecular flexibility index (Phi) is 4.82. The van der Waals surface area contributed by atoms with Crippen LogP contribution in [-0.4, -0.2) is 23.3 Å². The molecule has 2 aromatic carbocycles. The van der Waals surface area contributed by atoms with Gasteiger partial charge >= 0.3 is 0 Å². The molecule has 0 aliphatic carbocycles. The Balaban J connectivity index is 1.74. The molecule has 1 unspecified atom stereocenters. The molecule has 0 saturated carbocycles. The summed E-state index contributed by atoms with van der Waals surface area (Å²) in [5.41, 5.74) is 6.65. The van der Waals surface area contributed by atoms with Crippen LogP contribution in [0.3, 0.4) is 0 Å². The Labute approximate surface area is 150 Å². The molecule has 0 radical (unpaired) electrons. The van der Waals surface area contributed by atoms with Crippen LogP contribution in [0.2, 0.25) is 5.02 Å². The molecule has 0 spiro atoms. The second-order valence-electron chi connectivity index (χ2n) is 6.78. The van der Waals surface area contributed by atoms with Crippen LogP contribution >= 0.6 is 11.6 Å². The van der Waals surface area contributed by atoms with Crippen molar-refractivity contribution < 1.29 is 14.3 Å². The van der Waals surface area contributed by atoms with Crippen LogP contribution in [-0.2, 0) is 11.2 Å². The number of nitrogens with one attached hydrogen (secondary N) is 1. The van der Waals surface area contributed by atoms with E-state index in [2.05, 4.69) is 5.32 Å². The number of rotatable bonds is 4. The lowest BCUT2D eigenvalue weighted by atomic mass is 9.84. The smallest absolute Gasteiger partial charge is 0.227 e. The highest BCUT2D eigenvalue weighted by molar-refractivity contribution is 6.30. The Morgan fingerprint density at radius 1 is 1.36 bits per heavy atom. The monoisotopic (exact) mass is 362 g/mol. The van der Waals surface area contributed by atoms with Crippen molar-refractivity contribution in [3.8, 4) is 11.1 Å². The summed E-state index contributed by atoms with van der Waals surface area (Å²) in [6.45, 7) is 1.66. The Hall–Kier alpha value is -1.95. The summed E-state index contributed by atoms with van der Waals surface area (Å²) in [6, 6.07) is 11.9. The molecule has 3 rings (SSSR count). The molecule has 4 nitrogen and oxygen atoms in total. The number of primary amides is 1. The third-order valence-corrected chi connectivity index (χ3v) is 5.14. The zero-order chi connectivity index (χ0) is 18.2. The van der Waals surface area contributed by atoms with Crippen molar-refractivity contribution in [2.45, 2.75) is 32.0 Å². The molecule has 0 aromatic heterocycles. The zero-order valence-electron chi connectivity index (χ0n) is 13.8. The maximum atomic E-state index is 13.9. The zero-order valence-corrected chi connectivity index (χ0v) is 14.6. The molecule has 2 aromatic rings. The molecule has 1 fully saturated rings. The molecular weight excluding hydrogens is 343 g/mol. The van der Waals surface area contributed by atoms with Gasteiger partial charge in [0.05, 0.1) is 5.41 Å². The first-order valence-electron chi connectivity index (χ1n) is 8.08. The average Bonchev–Trinajstić information content (AvgIpc) is 2.86. The number of carbonyl (C=O) groups is 1. The molecule has 0 bridgehead atoms. The lowest BCUT2D eigenvalue weighted by Crippen LogP contribution is -2.44. The minimum absolute atomic E-state index is 0.0544. The molecule has 1 saturated heterocycles. The van der Waals surface area contributed by atoms with Crippen LogP contribution in [0, 0.1) is 11.2 Å². The number of aliphatic hydroxyl groups is 1. The van der Waals surface area contributed by atoms with Crippen LogP contribution in [0.25, 0.3) is 11.1 Å². The van der Waals surface area contributed by atoms with Gasteiger partial charge in [0.2, 0.25) is 5.91 Å². The van der Waals surface area contributed by atoms with E-state index in [1.807, 2.05) is 24.3 Å². The van der Waals surface area contributed by atoms with E-state index < -0.39 is 17.6 Å². The third kappa shape index (κ3) is 3.54. The van der Waals surface area contributed by atoms with Gasteiger partial charge in [-0.3, -0.25) is 10.1 Å². The highest BCUT2D eigenvalue weighted by Crippen LogP contribution is 2.34. The van der Waals surface area contributed by atoms with Crippen LogP contribution in [0.5, 0.6) is 0 Å². The summed E-state index contributed by atoms with van der Waals surface area (Å²) in [6.07, 6.45) is 0.154. The minimum Gasteiger partial charge on any atom is -0.377 e. The fourth-order valence-corrected chi connectivity index (χ4v) is 3.45. The maximum absolute atomic E-state index is 13.9. The van der Waals surface area contributed by atoms with Gasteiger partial charge in [-0.1, -0.05) is 35.9 Å². The molecule has 6 heteroatoms. The van der Waals surface area contributed by atoms with Gasteiger partial charge in [-0.2, -0.15) is 0 Å². The van der Waals surface area contributed by atoms with Crippen molar-refractivity contribution in [3.63, 3.8) is 0 Å². The van der Waals surface area contributed by atoms with Gasteiger partial charge in [-0.15, -0.1) is 0 Å². The van der Waals surface area contributed by atoms with E-state index in [1.54, 1.807) is 13.0 Å². The number of carbonyl (C=O) groups excluding carboxylic acids is 1. The van der Waals surface area contributed by atoms with Crippen LogP contribution in [0.15, 0.2) is 42.5 Å². The van der Waals surface area contributed by atoms with Crippen molar-refractivity contribution in [2.75, 3.05) is 0 Å². The van der Waals surface area contributed by atoms with Crippen molar-refractivity contribution >= 4 is 17.5 Å². The van der Waals surface area contributed by atoms with E-state index in [0.29, 0.717) is 23.4 Å². The first-order chi connectivity index (χ1) is 11.8. The highest BCUT2D eigenvalue weighted by atomic mass is 35.5. The van der Waals surface area contributed by atoms with E-state index in [-0.39, 0.29) is 11.9 Å². The van der Waals surface area contributed by atoms with Crippen molar-refractivity contribution in [2.24, 2.45) is 11.1 Å². The quantitative estimate of drug-likeness (QED) is 0.782. The number of hydrogen-bond acceptors (Lipinski definition) is 3. The normalized spacial score (nSPS) is 25.9. The molecule has 3 atom stereocenters. The Morgan fingerprint density at radius 2 is 2.04 bits per heavy atom. The molecule has 132 valence electrons. The highest BCUT2D eigenvalue weighted by Gasteiger charge is 2.47. The van der Waals surface area contributed by atoms with Gasteiger partial charge < -0.3 is 10.8 Å². The largest absolute Gasteiger partial charge is 0.377 e. The predicted molar refractivity (Wildman–Crippen MR) is 95.4 cm³/mol. The second kappa shape index (κ2) is 6.75. The second-order valence-corrected chi connectivity index (χ2v) is 7.21. The SMILES string of the molecule is C[C@@]1(C(N)=O)C[C@@H](Cc2ccc(-c3cc(Cl)ccc3F)cc2)NC1O. The van der Waals surface area contributed by atoms with E-state index >= 15 is 0 Å². The summed E-state index contributed by atoms with van der Waals surface area (Å²) in [5.74, 6) is -0.836. The summed E-state index contributed by atoms with van der Waals surface area (Å²) in [5, 5.41) is 13.5. The van der Waals surface area contributed by atoms with Crippen molar-refractivity contribution in [1.29, 1.82) is 0 Å². The molecular formula is C19H20ClFN2O2. The topological polar surface area (TPSA) is 75.4 Å². The van der Waals surface area contributed by atoms with Crippen LogP contribution in [0.4, 0.5) is 4.39 Å². The van der Waals surface area contributed by atoms with Gasteiger partial charge in [0, 0.05) is 16.6 Å². The molecule has 1 aliphatic heterocycles. The van der Waals surface area contributed by atoms with E-state index in [1.165, 1.54) is 12.1 Å². The number of halogens is 2. The van der Waals surface area contributed by atoms with Gasteiger partial charge in [-0.25, -0.2) is 4.39 Å². The number of nitrogens with two attached hydrogens (primary N) is 1. The van der Waals surface area contributed by atoms with E-state index in [0.717, 1.165) is 11.1 Å². The van der Waals surface area contributed by atoms with Gasteiger partial charge in [0.1, 0.15) is 12.0 Å². The van der Waals surface area contributed by atoms with Crippen LogP contribution in [0.1, 0.15) is 18.9 Å². The summed E-state index contributed by atoms with van der Waals surface area (Å²) in [4.78, 5) is 11.6. The number of amides is 1. The fraction of sp³-hybridized carbons (Fsp3) is 0.316. The molecule has 1 amide bonds. The molecule has 4 N–H and O–H groups in total. The lowest BCUT2D eigenvalue weighted by molar-refractivity contribution is -0.131. The van der Waals surface area contributed by atoms with Gasteiger partial charge in [0.25, 0.3) is 0 Å². The summed E-state index contributed by atoms with van der Waals surface area (Å²) in [7, 11) is 0. The standard InChI is InChI=1S/C19H20ClFN2O2/c1-19(17(22)24)10-14(23-18(19)25)8-11-2-4-12(5-3-11)15-9-13(20)6-7-16(15)21/h2-7,9,14,18,23,25H,8,10H2,1H3,(H2,22,24)/t14-,18?,19+/m1/s1. The van der Waals surface area contributed by atoms with Gasteiger partial charge in [0.15, 0.2) is 0 Å². The fourth-order valence-electron chi connectivity index (χ4n) is 3.28. The maximum Gasteiger partial charge on any atom is 0.227 e. The number of hydrogen-bond donors (Lipinski definition) is 3. The molecule has 1 aliphatic rings. The Morgan fingerprint density at radius 3 is 2.64 bits per heavy atom. The van der Waals surface area contributed by atoms with Crippen molar-refractivity contribution in [1.82, 2.24) is 5.32 Å². The third-order valence-electron chi connectivity index (χ3n) is 4.91. The molecule has 1 heterocycles. The number of aliphatic hydroxyl groups excluding tert-OH is 1. The summed E-state index contributed by atoms with van der Waals surface area (Å²) < 4.78 is 13.9. The predicted octanol–water partition coefficient (Wildman–Crippen LogP) is 2.86. The van der Waals surface area contributed by atoms with Crippen molar-refractivity contribution in [3.05, 3.63) is 58.9 Å². The average molecular weight is 363 g/mol. The first-order valence-corrected chi connectivity index (χ1v) is 8.46. The van der Waals surface area contributed by atoms with E-state index in [4.69, 9.17) is 17.3 Å². The minimum atomic E-state index is -0.964. The number of benzene rings is 2. The van der Waals surface area contributed by atoms with Gasteiger partial charge in [-0.05, 0) is 49.1 Å². The van der Waals surface area contributed by atoms with E-state index in [9.17, 15) is 14.3 Å². The lowest BCUT2D eigenvalue weighted by Gasteiger charge is -2.22. The Bertz CT molecular complexity index is 797. The molecule has 25 heavy (non-hydrogen) atoms. The summed E-state index contributed by atoms with van der Waals surface area (Å²) >= 11 is 5.94.